The monoisotopic (exact) mass is 1520 g/mol. The largest absolute Gasteiger partial charge is 0.472 e. The molecule has 0 aliphatic heterocycles. The molecule has 0 aliphatic rings. The van der Waals surface area contributed by atoms with E-state index in [1.807, 2.05) is 0 Å². The Labute approximate surface area is 637 Å². The van der Waals surface area contributed by atoms with E-state index in [0.717, 1.165) is 115 Å². The van der Waals surface area contributed by atoms with E-state index in [1.165, 1.54) is 225 Å². The van der Waals surface area contributed by atoms with Gasteiger partial charge >= 0.3 is 39.5 Å². The Morgan fingerprint density at radius 1 is 0.298 bits per heavy atom. The maximum Gasteiger partial charge on any atom is 0.472 e. The van der Waals surface area contributed by atoms with Crippen molar-refractivity contribution < 1.29 is 80.2 Å². The highest BCUT2D eigenvalue weighted by Gasteiger charge is 2.30. The van der Waals surface area contributed by atoms with Crippen LogP contribution in [0.25, 0.3) is 0 Å². The molecule has 0 amide bonds. The number of rotatable bonds is 82. The summed E-state index contributed by atoms with van der Waals surface area (Å²) in [6.07, 6.45) is 70.5. The minimum atomic E-state index is -4.97. The van der Waals surface area contributed by atoms with Crippen LogP contribution in [0.3, 0.4) is 0 Å². The van der Waals surface area contributed by atoms with E-state index >= 15 is 0 Å². The number of phosphoric acid groups is 2. The summed E-state index contributed by atoms with van der Waals surface area (Å²) in [7, 11) is -9.94. The fraction of sp³-hybridized carbons (Fsp3) is 0.906. The molecule has 104 heavy (non-hydrogen) atoms. The van der Waals surface area contributed by atoms with Gasteiger partial charge in [-0.1, -0.05) is 374 Å². The molecule has 0 bridgehead atoms. The maximum atomic E-state index is 13.1. The zero-order valence-electron chi connectivity index (χ0n) is 67.8. The second kappa shape index (κ2) is 75.9. The van der Waals surface area contributed by atoms with Gasteiger partial charge in [0.2, 0.25) is 0 Å². The number of carbonyl (C=O) groups excluding carboxylic acids is 4. The average molecular weight is 1520 g/mol. The van der Waals surface area contributed by atoms with Gasteiger partial charge in [-0.15, -0.1) is 0 Å². The lowest BCUT2D eigenvalue weighted by molar-refractivity contribution is -0.161. The van der Waals surface area contributed by atoms with Crippen LogP contribution in [0.4, 0.5) is 0 Å². The third-order valence-corrected chi connectivity index (χ3v) is 21.2. The normalized spacial score (nSPS) is 14.0. The zero-order chi connectivity index (χ0) is 76.4. The van der Waals surface area contributed by atoms with E-state index < -0.39 is 97.5 Å². The van der Waals surface area contributed by atoms with Crippen LogP contribution in [0, 0.1) is 11.8 Å². The Balaban J connectivity index is 5.24. The molecule has 0 saturated heterocycles. The van der Waals surface area contributed by atoms with E-state index in [9.17, 15) is 43.2 Å². The molecule has 614 valence electrons. The standard InChI is InChI=1S/C85H162O17P2/c1-7-9-11-13-15-17-19-21-23-24-25-26-27-28-34-38-42-46-50-58-64-69-84(89)101-80(73-95-82(87)67-61-55-48-44-40-36-33-30-29-32-35-39-43-47-53-59-65-77(3)4)75-99-103(91,92)97-71-79(86)72-98-104(93,94)100-76-81(74-96-83(88)68-62-56-52-51-54-60-66-78(5)6)102-85(90)70-63-57-49-45-41-37-31-22-20-18-16-14-12-10-8-2/h18,20,22,31,77-81,86H,7-17,19,21,23-30,32-76H2,1-6H3,(H,91,92)(H,93,94)/b20-18-,31-22-/t79-,80-,81-/m1/s1. The predicted octanol–water partition coefficient (Wildman–Crippen LogP) is 25.4. The number of aliphatic hydroxyl groups is 1. The topological polar surface area (TPSA) is 237 Å². The SMILES string of the molecule is CCCCCC/C=C\C=C/CCCCCCCC(=O)O[C@H](COC(=O)CCCCCCCCC(C)C)COP(=O)(O)OC[C@H](O)COP(=O)(O)OC[C@@H](COC(=O)CCCCCCCCCCCCCCCCCCC(C)C)OC(=O)CCCCCCCCCCCCCCCCCCCCCCC. The third kappa shape index (κ3) is 77.7. The van der Waals surface area contributed by atoms with Gasteiger partial charge in [0.1, 0.15) is 19.3 Å². The van der Waals surface area contributed by atoms with Gasteiger partial charge in [0, 0.05) is 25.7 Å². The molecule has 0 saturated carbocycles. The number of ether oxygens (including phenoxy) is 4. The summed E-state index contributed by atoms with van der Waals surface area (Å²) >= 11 is 0. The Morgan fingerprint density at radius 3 is 0.788 bits per heavy atom. The molecule has 19 heteroatoms. The van der Waals surface area contributed by atoms with Crippen molar-refractivity contribution >= 4 is 39.5 Å². The fourth-order valence-corrected chi connectivity index (χ4v) is 14.3. The molecule has 0 aliphatic carbocycles. The fourth-order valence-electron chi connectivity index (χ4n) is 12.7. The Kier molecular flexibility index (Phi) is 74.1. The van der Waals surface area contributed by atoms with Gasteiger partial charge in [0.05, 0.1) is 26.4 Å². The number of hydrogen-bond donors (Lipinski definition) is 3. The smallest absolute Gasteiger partial charge is 0.462 e. The Hall–Kier alpha value is -2.46. The molecular formula is C85H162O17P2. The van der Waals surface area contributed by atoms with Gasteiger partial charge in [-0.05, 0) is 63.2 Å². The van der Waals surface area contributed by atoms with Crippen molar-refractivity contribution in [1.82, 2.24) is 0 Å². The van der Waals surface area contributed by atoms with E-state index in [1.54, 1.807) is 0 Å². The van der Waals surface area contributed by atoms with Crippen LogP contribution in [0.5, 0.6) is 0 Å². The molecule has 0 aromatic carbocycles. The number of hydrogen-bond acceptors (Lipinski definition) is 15. The summed E-state index contributed by atoms with van der Waals surface area (Å²) in [6, 6.07) is 0. The second-order valence-electron chi connectivity index (χ2n) is 30.8. The average Bonchev–Trinajstić information content (AvgIpc) is 0.913. The first-order valence-electron chi connectivity index (χ1n) is 43.3. The zero-order valence-corrected chi connectivity index (χ0v) is 69.6. The Bertz CT molecular complexity index is 2090. The third-order valence-electron chi connectivity index (χ3n) is 19.3. The molecular weight excluding hydrogens is 1350 g/mol. The van der Waals surface area contributed by atoms with Crippen molar-refractivity contribution in [3.63, 3.8) is 0 Å². The number of phosphoric ester groups is 2. The minimum absolute atomic E-state index is 0.0842. The summed E-state index contributed by atoms with van der Waals surface area (Å²) in [5.41, 5.74) is 0. The van der Waals surface area contributed by atoms with Crippen LogP contribution in [-0.2, 0) is 65.4 Å². The lowest BCUT2D eigenvalue weighted by atomic mass is 10.0. The lowest BCUT2D eigenvalue weighted by Crippen LogP contribution is -2.30. The molecule has 5 atom stereocenters. The summed E-state index contributed by atoms with van der Waals surface area (Å²) in [4.78, 5) is 73.1. The number of unbranched alkanes of at least 4 members (excludes halogenated alkanes) is 49. The van der Waals surface area contributed by atoms with Crippen LogP contribution in [0.1, 0.15) is 427 Å². The van der Waals surface area contributed by atoms with Crippen LogP contribution in [-0.4, -0.2) is 96.7 Å². The molecule has 0 fully saturated rings. The van der Waals surface area contributed by atoms with Gasteiger partial charge in [0.15, 0.2) is 12.2 Å². The van der Waals surface area contributed by atoms with E-state index in [0.29, 0.717) is 31.6 Å². The maximum absolute atomic E-state index is 13.1. The van der Waals surface area contributed by atoms with Crippen LogP contribution < -0.4 is 0 Å². The first kappa shape index (κ1) is 102. The van der Waals surface area contributed by atoms with Crippen LogP contribution >= 0.6 is 15.6 Å². The van der Waals surface area contributed by atoms with E-state index in [-0.39, 0.29) is 25.7 Å². The first-order chi connectivity index (χ1) is 50.4. The first-order valence-corrected chi connectivity index (χ1v) is 46.3. The molecule has 2 unspecified atom stereocenters. The minimum Gasteiger partial charge on any atom is -0.462 e. The van der Waals surface area contributed by atoms with Crippen molar-refractivity contribution in [2.45, 2.75) is 445 Å². The van der Waals surface area contributed by atoms with Crippen molar-refractivity contribution in [2.24, 2.45) is 11.8 Å². The second-order valence-corrected chi connectivity index (χ2v) is 33.7. The van der Waals surface area contributed by atoms with Gasteiger partial charge < -0.3 is 33.8 Å². The number of allylic oxidation sites excluding steroid dienone is 4. The summed E-state index contributed by atoms with van der Waals surface area (Å²) in [5.74, 6) is -0.651. The number of esters is 4. The lowest BCUT2D eigenvalue weighted by Gasteiger charge is -2.21. The summed E-state index contributed by atoms with van der Waals surface area (Å²) in [5, 5.41) is 10.7. The molecule has 0 aromatic heterocycles. The predicted molar refractivity (Wildman–Crippen MR) is 427 cm³/mol. The molecule has 0 aromatic rings. The van der Waals surface area contributed by atoms with E-state index in [2.05, 4.69) is 65.8 Å². The van der Waals surface area contributed by atoms with Gasteiger partial charge in [-0.2, -0.15) is 0 Å². The number of carbonyl (C=O) groups is 4. The molecule has 0 radical (unpaired) electrons. The highest BCUT2D eigenvalue weighted by molar-refractivity contribution is 7.47. The van der Waals surface area contributed by atoms with Gasteiger partial charge in [-0.3, -0.25) is 37.3 Å². The quantitative estimate of drug-likeness (QED) is 0.0169. The Morgan fingerprint density at radius 2 is 0.519 bits per heavy atom. The molecule has 3 N–H and O–H groups in total. The van der Waals surface area contributed by atoms with Crippen molar-refractivity contribution in [2.75, 3.05) is 39.6 Å². The summed E-state index contributed by atoms with van der Waals surface area (Å²) < 4.78 is 68.7. The number of aliphatic hydroxyl groups excluding tert-OH is 1. The highest BCUT2D eigenvalue weighted by Crippen LogP contribution is 2.45. The molecule has 0 heterocycles. The summed E-state index contributed by atoms with van der Waals surface area (Å²) in [6.45, 7) is 9.53. The van der Waals surface area contributed by atoms with Crippen LogP contribution in [0.15, 0.2) is 24.3 Å². The van der Waals surface area contributed by atoms with Crippen molar-refractivity contribution in [3.8, 4) is 0 Å². The van der Waals surface area contributed by atoms with Crippen molar-refractivity contribution in [3.05, 3.63) is 24.3 Å². The highest BCUT2D eigenvalue weighted by atomic mass is 31.2. The van der Waals surface area contributed by atoms with Gasteiger partial charge in [0.25, 0.3) is 0 Å². The molecule has 0 rings (SSSR count). The molecule has 17 nitrogen and oxygen atoms in total. The van der Waals surface area contributed by atoms with Gasteiger partial charge in [-0.25, -0.2) is 9.13 Å². The van der Waals surface area contributed by atoms with E-state index in [4.69, 9.17) is 37.0 Å². The van der Waals surface area contributed by atoms with Crippen LogP contribution in [0.2, 0.25) is 0 Å². The molecule has 0 spiro atoms. The van der Waals surface area contributed by atoms with Crippen molar-refractivity contribution in [1.29, 1.82) is 0 Å².